The van der Waals surface area contributed by atoms with Crippen LogP contribution in [0.4, 0.5) is 0 Å². The third kappa shape index (κ3) is 2.57. The fourth-order valence-electron chi connectivity index (χ4n) is 3.54. The maximum absolute atomic E-state index is 2.77. The SMILES string of the molecule is C1CC2CN(CC3CCSC3)CCCN2C1. The minimum Gasteiger partial charge on any atom is -0.301 e. The Balaban J connectivity index is 1.54. The van der Waals surface area contributed by atoms with E-state index < -0.39 is 0 Å². The van der Waals surface area contributed by atoms with Crippen LogP contribution in [0.15, 0.2) is 0 Å². The van der Waals surface area contributed by atoms with Gasteiger partial charge >= 0.3 is 0 Å². The van der Waals surface area contributed by atoms with E-state index in [1.165, 1.54) is 69.9 Å². The molecule has 3 fully saturated rings. The molecule has 3 heteroatoms. The minimum absolute atomic E-state index is 0.900. The summed E-state index contributed by atoms with van der Waals surface area (Å²) >= 11 is 2.16. The van der Waals surface area contributed by atoms with E-state index in [1.807, 2.05) is 0 Å². The second-order valence-corrected chi connectivity index (χ2v) is 6.82. The van der Waals surface area contributed by atoms with E-state index in [0.29, 0.717) is 0 Å². The summed E-state index contributed by atoms with van der Waals surface area (Å²) in [6.45, 7) is 6.84. The van der Waals surface area contributed by atoms with Crippen molar-refractivity contribution < 1.29 is 0 Å². The quantitative estimate of drug-likeness (QED) is 0.728. The van der Waals surface area contributed by atoms with E-state index in [4.69, 9.17) is 0 Å². The fraction of sp³-hybridized carbons (Fsp3) is 1.00. The topological polar surface area (TPSA) is 6.48 Å². The maximum Gasteiger partial charge on any atom is 0.0223 e. The van der Waals surface area contributed by atoms with Crippen LogP contribution in [0.3, 0.4) is 0 Å². The van der Waals surface area contributed by atoms with E-state index in [2.05, 4.69) is 21.6 Å². The van der Waals surface area contributed by atoms with Gasteiger partial charge in [-0.05, 0) is 62.7 Å². The summed E-state index contributed by atoms with van der Waals surface area (Å²) in [5.41, 5.74) is 0. The highest BCUT2D eigenvalue weighted by molar-refractivity contribution is 7.99. The van der Waals surface area contributed by atoms with Gasteiger partial charge in [0.1, 0.15) is 0 Å². The molecule has 0 aromatic carbocycles. The highest BCUT2D eigenvalue weighted by Gasteiger charge is 2.29. The van der Waals surface area contributed by atoms with E-state index in [0.717, 1.165) is 12.0 Å². The van der Waals surface area contributed by atoms with Gasteiger partial charge in [-0.3, -0.25) is 4.90 Å². The third-order valence-corrected chi connectivity index (χ3v) is 5.66. The molecule has 3 aliphatic rings. The largest absolute Gasteiger partial charge is 0.301 e. The van der Waals surface area contributed by atoms with Crippen molar-refractivity contribution in [3.63, 3.8) is 0 Å². The zero-order valence-electron chi connectivity index (χ0n) is 10.2. The lowest BCUT2D eigenvalue weighted by molar-refractivity contribution is 0.203. The number of fused-ring (bicyclic) bond motifs is 1. The monoisotopic (exact) mass is 240 g/mol. The van der Waals surface area contributed by atoms with Gasteiger partial charge in [0, 0.05) is 19.1 Å². The molecule has 3 rings (SSSR count). The molecule has 3 aliphatic heterocycles. The zero-order chi connectivity index (χ0) is 10.8. The van der Waals surface area contributed by atoms with Gasteiger partial charge in [-0.1, -0.05) is 0 Å². The van der Waals surface area contributed by atoms with Gasteiger partial charge in [0.15, 0.2) is 0 Å². The summed E-state index contributed by atoms with van der Waals surface area (Å²) in [6, 6.07) is 0.900. The van der Waals surface area contributed by atoms with Crippen LogP contribution in [-0.2, 0) is 0 Å². The molecule has 2 atom stereocenters. The van der Waals surface area contributed by atoms with Gasteiger partial charge in [-0.2, -0.15) is 11.8 Å². The van der Waals surface area contributed by atoms with E-state index in [-0.39, 0.29) is 0 Å². The van der Waals surface area contributed by atoms with Crippen molar-refractivity contribution in [2.45, 2.75) is 31.7 Å². The number of hydrogen-bond acceptors (Lipinski definition) is 3. The smallest absolute Gasteiger partial charge is 0.0223 e. The Labute approximate surface area is 104 Å². The normalized spacial score (nSPS) is 37.5. The molecule has 0 aromatic rings. The van der Waals surface area contributed by atoms with Crippen molar-refractivity contribution in [2.24, 2.45) is 5.92 Å². The molecule has 0 bridgehead atoms. The first-order chi connectivity index (χ1) is 7.92. The lowest BCUT2D eigenvalue weighted by atomic mass is 10.1. The molecular weight excluding hydrogens is 216 g/mol. The Bertz CT molecular complexity index is 228. The standard InChI is InChI=1S/C13H24N2S/c1-3-13-10-14(5-2-7-15(13)6-1)9-12-4-8-16-11-12/h12-13H,1-11H2. The molecular formula is C13H24N2S. The van der Waals surface area contributed by atoms with Crippen LogP contribution in [0.1, 0.15) is 25.7 Å². The van der Waals surface area contributed by atoms with Gasteiger partial charge < -0.3 is 4.90 Å². The van der Waals surface area contributed by atoms with Crippen LogP contribution in [0.25, 0.3) is 0 Å². The highest BCUT2D eigenvalue weighted by Crippen LogP contribution is 2.26. The lowest BCUT2D eigenvalue weighted by Crippen LogP contribution is -2.38. The third-order valence-electron chi connectivity index (χ3n) is 4.43. The van der Waals surface area contributed by atoms with Crippen molar-refractivity contribution in [2.75, 3.05) is 44.2 Å². The molecule has 92 valence electrons. The van der Waals surface area contributed by atoms with Crippen LogP contribution in [0.2, 0.25) is 0 Å². The van der Waals surface area contributed by atoms with Crippen molar-refractivity contribution in [1.82, 2.24) is 9.80 Å². The summed E-state index contributed by atoms with van der Waals surface area (Å²) in [7, 11) is 0. The molecule has 0 N–H and O–H groups in total. The second kappa shape index (κ2) is 5.28. The second-order valence-electron chi connectivity index (χ2n) is 5.67. The number of rotatable bonds is 2. The van der Waals surface area contributed by atoms with Crippen LogP contribution in [0, 0.1) is 5.92 Å². The molecule has 2 unspecified atom stereocenters. The fourth-order valence-corrected chi connectivity index (χ4v) is 4.81. The molecule has 3 heterocycles. The van der Waals surface area contributed by atoms with E-state index in [1.54, 1.807) is 0 Å². The maximum atomic E-state index is 2.77. The summed E-state index contributed by atoms with van der Waals surface area (Å²) in [4.78, 5) is 5.51. The summed E-state index contributed by atoms with van der Waals surface area (Å²) in [5.74, 6) is 3.83. The van der Waals surface area contributed by atoms with Gasteiger partial charge in [0.2, 0.25) is 0 Å². The first-order valence-corrected chi connectivity index (χ1v) is 8.11. The molecule has 0 aromatic heterocycles. The predicted octanol–water partition coefficient (Wildman–Crippen LogP) is 1.91. The molecule has 16 heavy (non-hydrogen) atoms. The van der Waals surface area contributed by atoms with Crippen LogP contribution < -0.4 is 0 Å². The Morgan fingerprint density at radius 1 is 1.06 bits per heavy atom. The molecule has 0 radical (unpaired) electrons. The van der Waals surface area contributed by atoms with E-state index in [9.17, 15) is 0 Å². The zero-order valence-corrected chi connectivity index (χ0v) is 11.1. The van der Waals surface area contributed by atoms with Crippen molar-refractivity contribution in [1.29, 1.82) is 0 Å². The Morgan fingerprint density at radius 3 is 2.88 bits per heavy atom. The Hall–Kier alpha value is 0.270. The Morgan fingerprint density at radius 2 is 2.00 bits per heavy atom. The highest BCUT2D eigenvalue weighted by atomic mass is 32.2. The van der Waals surface area contributed by atoms with Gasteiger partial charge in [0.05, 0.1) is 0 Å². The molecule has 0 aliphatic carbocycles. The molecule has 0 spiro atoms. The van der Waals surface area contributed by atoms with Crippen LogP contribution in [0.5, 0.6) is 0 Å². The van der Waals surface area contributed by atoms with Crippen molar-refractivity contribution >= 4 is 11.8 Å². The van der Waals surface area contributed by atoms with Gasteiger partial charge in [0.25, 0.3) is 0 Å². The molecule has 3 saturated heterocycles. The minimum atomic E-state index is 0.900. The summed E-state index contributed by atoms with van der Waals surface area (Å²) in [6.07, 6.45) is 5.76. The Kier molecular flexibility index (Phi) is 3.75. The van der Waals surface area contributed by atoms with Crippen LogP contribution >= 0.6 is 11.8 Å². The number of nitrogens with zero attached hydrogens (tertiary/aromatic N) is 2. The average Bonchev–Trinajstić information content (AvgIpc) is 2.88. The molecule has 0 amide bonds. The van der Waals surface area contributed by atoms with Gasteiger partial charge in [-0.25, -0.2) is 0 Å². The lowest BCUT2D eigenvalue weighted by Gasteiger charge is -2.27. The van der Waals surface area contributed by atoms with Crippen molar-refractivity contribution in [3.05, 3.63) is 0 Å². The van der Waals surface area contributed by atoms with Gasteiger partial charge in [-0.15, -0.1) is 0 Å². The first kappa shape index (κ1) is 11.4. The first-order valence-electron chi connectivity index (χ1n) is 6.96. The molecule has 0 saturated carbocycles. The number of hydrogen-bond donors (Lipinski definition) is 0. The van der Waals surface area contributed by atoms with E-state index >= 15 is 0 Å². The van der Waals surface area contributed by atoms with Crippen LogP contribution in [-0.4, -0.2) is 60.1 Å². The predicted molar refractivity (Wildman–Crippen MR) is 71.1 cm³/mol. The molecule has 2 nitrogen and oxygen atoms in total. The van der Waals surface area contributed by atoms with Crippen molar-refractivity contribution in [3.8, 4) is 0 Å². The summed E-state index contributed by atoms with van der Waals surface area (Å²) < 4.78 is 0. The number of thioether (sulfide) groups is 1. The average molecular weight is 240 g/mol. The summed E-state index contributed by atoms with van der Waals surface area (Å²) in [5, 5.41) is 0.